The molecule has 0 rings (SSSR count). The topological polar surface area (TPSA) is 120 Å². The van der Waals surface area contributed by atoms with Crippen LogP contribution >= 0.6 is 0 Å². The minimum Gasteiger partial charge on any atom is -0.462 e. The predicted molar refractivity (Wildman–Crippen MR) is 105 cm³/mol. The molecule has 0 saturated carbocycles. The van der Waals surface area contributed by atoms with E-state index in [2.05, 4.69) is 46.3 Å². The normalized spacial score (nSPS) is 11.5. The first-order valence-corrected chi connectivity index (χ1v) is 15.1. The Morgan fingerprint density at radius 2 is 1.04 bits per heavy atom. The van der Waals surface area contributed by atoms with Gasteiger partial charge in [0.15, 0.2) is 16.6 Å². The molecule has 156 valence electrons. The van der Waals surface area contributed by atoms with E-state index < -0.39 is 40.4 Å². The summed E-state index contributed by atoms with van der Waals surface area (Å²) in [6, 6.07) is 1.70. The summed E-state index contributed by atoms with van der Waals surface area (Å²) in [5.74, 6) is -3.26. The van der Waals surface area contributed by atoms with E-state index in [1.165, 1.54) is 14.2 Å². The van der Waals surface area contributed by atoms with Gasteiger partial charge in [-0.2, -0.15) is 0 Å². The first-order valence-electron chi connectivity index (χ1n) is 8.86. The van der Waals surface area contributed by atoms with Crippen LogP contribution in [0.3, 0.4) is 0 Å². The average molecular weight is 421 g/mol. The van der Waals surface area contributed by atoms with Crippen molar-refractivity contribution in [2.24, 2.45) is 0 Å². The first kappa shape index (κ1) is 25.3. The van der Waals surface area contributed by atoms with Gasteiger partial charge in [0.05, 0.1) is 14.2 Å². The first-order chi connectivity index (χ1) is 12.4. The van der Waals surface area contributed by atoms with Crippen molar-refractivity contribution >= 4 is 40.4 Å². The van der Waals surface area contributed by atoms with Gasteiger partial charge in [0.25, 0.3) is 0 Å². The molecule has 0 unspecified atom stereocenters. The number of methoxy groups -OCH3 is 2. The van der Waals surface area contributed by atoms with E-state index in [4.69, 9.17) is 4.12 Å². The quantitative estimate of drug-likeness (QED) is 0.232. The number of rotatable bonds is 10. The Kier molecular flexibility index (Phi) is 11.1. The Labute approximate surface area is 162 Å². The highest BCUT2D eigenvalue weighted by atomic mass is 28.4. The van der Waals surface area contributed by atoms with Gasteiger partial charge in [-0.15, -0.1) is 0 Å². The lowest BCUT2D eigenvalue weighted by Gasteiger charge is -2.34. The van der Waals surface area contributed by atoms with Crippen LogP contribution in [0.2, 0.25) is 38.3 Å². The third-order valence-corrected chi connectivity index (χ3v) is 11.3. The van der Waals surface area contributed by atoms with E-state index >= 15 is 0 Å². The van der Waals surface area contributed by atoms with Gasteiger partial charge in [0.1, 0.15) is 0 Å². The van der Waals surface area contributed by atoms with E-state index in [0.717, 1.165) is 24.9 Å². The Balaban J connectivity index is 4.17. The van der Waals surface area contributed by atoms with Crippen LogP contribution in [0.15, 0.2) is 0 Å². The predicted octanol–water partition coefficient (Wildman–Crippen LogP) is 0.772. The van der Waals surface area contributed by atoms with Crippen LogP contribution < -0.4 is 10.6 Å². The van der Waals surface area contributed by atoms with Gasteiger partial charge >= 0.3 is 23.8 Å². The molecule has 0 aromatic rings. The maximum Gasteiger partial charge on any atom is 0.396 e. The Hall–Kier alpha value is -1.73. The van der Waals surface area contributed by atoms with Crippen LogP contribution in [0.4, 0.5) is 0 Å². The molecule has 0 aliphatic heterocycles. The summed E-state index contributed by atoms with van der Waals surface area (Å²) in [6.45, 7) is 9.31. The molecule has 0 atom stereocenters. The van der Waals surface area contributed by atoms with E-state index in [0.29, 0.717) is 13.1 Å². The number of nitrogens with one attached hydrogen (secondary N) is 2. The van der Waals surface area contributed by atoms with Gasteiger partial charge in [-0.05, 0) is 51.1 Å². The number of carbonyl (C=O) groups is 4. The summed E-state index contributed by atoms with van der Waals surface area (Å²) in [4.78, 5) is 44.7. The van der Waals surface area contributed by atoms with Crippen LogP contribution in [-0.2, 0) is 32.8 Å². The van der Waals surface area contributed by atoms with Crippen LogP contribution in [0.1, 0.15) is 12.8 Å². The lowest BCUT2D eigenvalue weighted by molar-refractivity contribution is -0.152. The van der Waals surface area contributed by atoms with Crippen molar-refractivity contribution in [2.45, 2.75) is 51.1 Å². The zero-order valence-corrected chi connectivity index (χ0v) is 19.1. The zero-order chi connectivity index (χ0) is 21.1. The fourth-order valence-corrected chi connectivity index (χ4v) is 11.5. The standard InChI is InChI=1S/C16H32N2O7Si2/c1-23-15(21)13(19)17-9-7-11-26(3,4)25-27(5,6)12-8-10-18-14(20)16(22)24-2/h7-12H2,1-6H3,(H,17,19)(H,18,20). The van der Waals surface area contributed by atoms with Gasteiger partial charge in [-0.3, -0.25) is 9.59 Å². The van der Waals surface area contributed by atoms with Crippen LogP contribution in [0.25, 0.3) is 0 Å². The fourth-order valence-electron chi connectivity index (χ4n) is 2.61. The summed E-state index contributed by atoms with van der Waals surface area (Å²) in [7, 11) is -1.51. The molecule has 27 heavy (non-hydrogen) atoms. The largest absolute Gasteiger partial charge is 0.462 e. The summed E-state index contributed by atoms with van der Waals surface area (Å²) in [5, 5.41) is 5.04. The van der Waals surface area contributed by atoms with Crippen LogP contribution in [0, 0.1) is 0 Å². The van der Waals surface area contributed by atoms with Crippen molar-refractivity contribution in [3.63, 3.8) is 0 Å². The number of hydrogen-bond donors (Lipinski definition) is 2. The monoisotopic (exact) mass is 420 g/mol. The molecule has 2 amide bonds. The van der Waals surface area contributed by atoms with Gasteiger partial charge in [0, 0.05) is 13.1 Å². The molecule has 0 fully saturated rings. The zero-order valence-electron chi connectivity index (χ0n) is 17.1. The molecule has 0 aliphatic rings. The highest BCUT2D eigenvalue weighted by molar-refractivity contribution is 6.84. The number of carbonyl (C=O) groups excluding carboxylic acids is 4. The van der Waals surface area contributed by atoms with E-state index in [1.807, 2.05) is 0 Å². The molecule has 0 heterocycles. The van der Waals surface area contributed by atoms with Crippen molar-refractivity contribution in [1.82, 2.24) is 10.6 Å². The molecule has 0 aliphatic carbocycles. The van der Waals surface area contributed by atoms with Gasteiger partial charge in [0.2, 0.25) is 0 Å². The molecule has 0 radical (unpaired) electrons. The van der Waals surface area contributed by atoms with Crippen molar-refractivity contribution in [3.8, 4) is 0 Å². The lowest BCUT2D eigenvalue weighted by atomic mass is 10.4. The van der Waals surface area contributed by atoms with E-state index in [9.17, 15) is 19.2 Å². The number of amides is 2. The number of ether oxygens (including phenoxy) is 2. The van der Waals surface area contributed by atoms with Crippen LogP contribution in [0.5, 0.6) is 0 Å². The summed E-state index contributed by atoms with van der Waals surface area (Å²) < 4.78 is 15.1. The molecule has 0 saturated heterocycles. The molecule has 0 bridgehead atoms. The summed E-state index contributed by atoms with van der Waals surface area (Å²) in [5.41, 5.74) is 0. The third-order valence-electron chi connectivity index (χ3n) is 3.78. The van der Waals surface area contributed by atoms with Gasteiger partial charge in [-0.25, -0.2) is 9.59 Å². The second-order valence-corrected chi connectivity index (χ2v) is 16.2. The van der Waals surface area contributed by atoms with Crippen LogP contribution in [-0.4, -0.2) is 67.7 Å². The second-order valence-electron chi connectivity index (χ2n) is 7.32. The SMILES string of the molecule is COC(=O)C(=O)NCCC[Si](C)(C)O[Si](C)(C)CCCNC(=O)C(=O)OC. The molecule has 0 aromatic heterocycles. The Bertz CT molecular complexity index is 493. The van der Waals surface area contributed by atoms with Crippen molar-refractivity contribution < 1.29 is 32.8 Å². The maximum absolute atomic E-state index is 11.3. The Morgan fingerprint density at radius 1 is 0.704 bits per heavy atom. The molecule has 11 heteroatoms. The van der Waals surface area contributed by atoms with Gasteiger partial charge < -0.3 is 24.2 Å². The van der Waals surface area contributed by atoms with Crippen molar-refractivity contribution in [1.29, 1.82) is 0 Å². The minimum atomic E-state index is -1.92. The van der Waals surface area contributed by atoms with Crippen molar-refractivity contribution in [2.75, 3.05) is 27.3 Å². The van der Waals surface area contributed by atoms with Crippen molar-refractivity contribution in [3.05, 3.63) is 0 Å². The summed E-state index contributed by atoms with van der Waals surface area (Å²) in [6.07, 6.45) is 1.45. The fraction of sp³-hybridized carbons (Fsp3) is 0.750. The number of esters is 2. The molecular formula is C16H32N2O7Si2. The summed E-state index contributed by atoms with van der Waals surface area (Å²) >= 11 is 0. The molecule has 0 aromatic carbocycles. The van der Waals surface area contributed by atoms with Gasteiger partial charge in [-0.1, -0.05) is 0 Å². The Morgan fingerprint density at radius 3 is 1.33 bits per heavy atom. The second kappa shape index (κ2) is 11.9. The molecule has 2 N–H and O–H groups in total. The molecule has 0 spiro atoms. The number of hydrogen-bond acceptors (Lipinski definition) is 7. The molecule has 9 nitrogen and oxygen atoms in total. The third kappa shape index (κ3) is 11.6. The highest BCUT2D eigenvalue weighted by Crippen LogP contribution is 2.23. The smallest absolute Gasteiger partial charge is 0.396 e. The average Bonchev–Trinajstić information content (AvgIpc) is 2.59. The van der Waals surface area contributed by atoms with E-state index in [-0.39, 0.29) is 0 Å². The highest BCUT2D eigenvalue weighted by Gasteiger charge is 2.32. The lowest BCUT2D eigenvalue weighted by Crippen LogP contribution is -2.45. The maximum atomic E-state index is 11.3. The minimum absolute atomic E-state index is 0.398. The van der Waals surface area contributed by atoms with E-state index in [1.54, 1.807) is 0 Å². The molecular weight excluding hydrogens is 388 g/mol.